The van der Waals surface area contributed by atoms with Gasteiger partial charge in [0.2, 0.25) is 0 Å². The second kappa shape index (κ2) is 7.60. The number of aliphatic hydroxyl groups excluding tert-OH is 1. The number of aryl methyl sites for hydroxylation is 2. The van der Waals surface area contributed by atoms with Gasteiger partial charge in [-0.05, 0) is 43.0 Å². The number of halogens is 1. The Bertz CT molecular complexity index is 900. The maximum atomic E-state index is 9.73. The van der Waals surface area contributed by atoms with Gasteiger partial charge >= 0.3 is 0 Å². The normalized spacial score (nSPS) is 17.2. The van der Waals surface area contributed by atoms with Crippen molar-refractivity contribution < 1.29 is 5.11 Å². The Balaban J connectivity index is 1.71. The highest BCUT2D eigenvalue weighted by Crippen LogP contribution is 2.31. The summed E-state index contributed by atoms with van der Waals surface area (Å²) in [6.45, 7) is 1.05. The fraction of sp³-hybridized carbons (Fsp3) is 0.333. The second-order valence-corrected chi connectivity index (χ2v) is 7.22. The average Bonchev–Trinajstić information content (AvgIpc) is 3.15. The molecule has 5 heteroatoms. The van der Waals surface area contributed by atoms with Crippen LogP contribution in [0.15, 0.2) is 48.5 Å². The maximum Gasteiger partial charge on any atom is 0.140 e. The van der Waals surface area contributed by atoms with Gasteiger partial charge in [-0.15, -0.1) is 0 Å². The summed E-state index contributed by atoms with van der Waals surface area (Å²) >= 11 is 6.23. The molecule has 0 amide bonds. The zero-order valence-electron chi connectivity index (χ0n) is 14.6. The van der Waals surface area contributed by atoms with Crippen molar-refractivity contribution in [2.45, 2.75) is 31.7 Å². The molecule has 1 atom stereocenters. The van der Waals surface area contributed by atoms with Crippen LogP contribution in [0.3, 0.4) is 0 Å². The molecule has 1 aliphatic rings. The van der Waals surface area contributed by atoms with E-state index in [-0.39, 0.29) is 12.6 Å². The number of rotatable bonds is 5. The Morgan fingerprint density at radius 3 is 2.73 bits per heavy atom. The number of benzene rings is 2. The number of aliphatic hydroxyl groups is 1. The van der Waals surface area contributed by atoms with E-state index in [9.17, 15) is 5.11 Å². The zero-order valence-corrected chi connectivity index (χ0v) is 15.4. The maximum absolute atomic E-state index is 9.73. The first-order valence-corrected chi connectivity index (χ1v) is 9.50. The lowest BCUT2D eigenvalue weighted by atomic mass is 10.1. The van der Waals surface area contributed by atoms with Crippen LogP contribution in [0.2, 0.25) is 5.02 Å². The van der Waals surface area contributed by atoms with Crippen LogP contribution in [0.25, 0.3) is 10.9 Å². The fourth-order valence-electron chi connectivity index (χ4n) is 3.67. The van der Waals surface area contributed by atoms with Gasteiger partial charge in [-0.25, -0.2) is 9.97 Å². The molecule has 2 heterocycles. The highest BCUT2D eigenvalue weighted by atomic mass is 35.5. The molecule has 1 fully saturated rings. The number of hydrogen-bond acceptors (Lipinski definition) is 4. The lowest BCUT2D eigenvalue weighted by Gasteiger charge is -2.26. The first kappa shape index (κ1) is 17.3. The molecule has 3 aromatic rings. The molecule has 0 bridgehead atoms. The molecule has 0 aliphatic carbocycles. The zero-order chi connectivity index (χ0) is 17.9. The highest BCUT2D eigenvalue weighted by Gasteiger charge is 2.27. The summed E-state index contributed by atoms with van der Waals surface area (Å²) < 4.78 is 0. The third kappa shape index (κ3) is 3.53. The van der Waals surface area contributed by atoms with Crippen molar-refractivity contribution in [2.24, 2.45) is 0 Å². The van der Waals surface area contributed by atoms with Crippen LogP contribution in [0.5, 0.6) is 0 Å². The number of anilines is 1. The van der Waals surface area contributed by atoms with Gasteiger partial charge < -0.3 is 10.0 Å². The second-order valence-electron chi connectivity index (χ2n) is 6.78. The van der Waals surface area contributed by atoms with E-state index in [4.69, 9.17) is 21.6 Å². The van der Waals surface area contributed by atoms with Gasteiger partial charge in [0.1, 0.15) is 11.6 Å². The van der Waals surface area contributed by atoms with Gasteiger partial charge in [-0.1, -0.05) is 41.9 Å². The van der Waals surface area contributed by atoms with E-state index < -0.39 is 0 Å². The van der Waals surface area contributed by atoms with Crippen LogP contribution in [-0.2, 0) is 12.8 Å². The smallest absolute Gasteiger partial charge is 0.140 e. The van der Waals surface area contributed by atoms with Crippen LogP contribution in [0.1, 0.15) is 24.2 Å². The van der Waals surface area contributed by atoms with Gasteiger partial charge in [0.15, 0.2) is 0 Å². The minimum absolute atomic E-state index is 0.119. The van der Waals surface area contributed by atoms with E-state index >= 15 is 0 Å². The molecule has 4 nitrogen and oxygen atoms in total. The summed E-state index contributed by atoms with van der Waals surface area (Å²) in [5, 5.41) is 11.4. The Morgan fingerprint density at radius 2 is 1.92 bits per heavy atom. The summed E-state index contributed by atoms with van der Waals surface area (Å²) in [5.74, 6) is 1.74. The van der Waals surface area contributed by atoms with Crippen LogP contribution < -0.4 is 4.90 Å². The molecule has 0 radical (unpaired) electrons. The summed E-state index contributed by atoms with van der Waals surface area (Å²) in [4.78, 5) is 11.9. The van der Waals surface area contributed by atoms with Crippen LogP contribution >= 0.6 is 11.6 Å². The van der Waals surface area contributed by atoms with E-state index in [1.54, 1.807) is 0 Å². The highest BCUT2D eigenvalue weighted by molar-refractivity contribution is 6.31. The number of fused-ring (bicyclic) bond motifs is 1. The molecular formula is C21H22ClN3O. The summed E-state index contributed by atoms with van der Waals surface area (Å²) in [5.41, 5.74) is 2.19. The predicted octanol–water partition coefficient (Wildman–Crippen LogP) is 4.03. The quantitative estimate of drug-likeness (QED) is 0.739. The van der Waals surface area contributed by atoms with E-state index in [1.165, 1.54) is 5.56 Å². The topological polar surface area (TPSA) is 49.2 Å². The first-order valence-electron chi connectivity index (χ1n) is 9.12. The minimum Gasteiger partial charge on any atom is -0.394 e. The molecule has 0 unspecified atom stereocenters. The van der Waals surface area contributed by atoms with Crippen molar-refractivity contribution >= 4 is 28.3 Å². The van der Waals surface area contributed by atoms with Gasteiger partial charge in [-0.3, -0.25) is 0 Å². The van der Waals surface area contributed by atoms with Crippen molar-refractivity contribution in [2.75, 3.05) is 18.1 Å². The molecule has 0 saturated carbocycles. The molecule has 2 aromatic carbocycles. The van der Waals surface area contributed by atoms with Crippen molar-refractivity contribution in [1.82, 2.24) is 9.97 Å². The van der Waals surface area contributed by atoms with E-state index in [1.807, 2.05) is 24.3 Å². The Kier molecular flexibility index (Phi) is 5.05. The standard InChI is InChI=1S/C21H22ClN3O/c22-16-9-10-19-18(13-16)21(25-12-4-7-17(25)14-26)24-20(23-19)11-8-15-5-2-1-3-6-15/h1-3,5-6,9-10,13,17,26H,4,7-8,11-12,14H2/t17-/m0/s1. The van der Waals surface area contributed by atoms with Gasteiger partial charge in [0.25, 0.3) is 0 Å². The molecule has 26 heavy (non-hydrogen) atoms. The van der Waals surface area contributed by atoms with Crippen LogP contribution in [0.4, 0.5) is 5.82 Å². The Labute approximate surface area is 158 Å². The summed E-state index contributed by atoms with van der Waals surface area (Å²) in [6, 6.07) is 16.3. The fourth-order valence-corrected chi connectivity index (χ4v) is 3.84. The van der Waals surface area contributed by atoms with Crippen molar-refractivity contribution in [3.63, 3.8) is 0 Å². The number of hydrogen-bond donors (Lipinski definition) is 1. The van der Waals surface area contributed by atoms with E-state index in [0.29, 0.717) is 5.02 Å². The lowest BCUT2D eigenvalue weighted by molar-refractivity contribution is 0.266. The lowest BCUT2D eigenvalue weighted by Crippen LogP contribution is -2.33. The third-order valence-corrected chi connectivity index (χ3v) is 5.26. The van der Waals surface area contributed by atoms with Gasteiger partial charge in [0, 0.05) is 23.4 Å². The monoisotopic (exact) mass is 367 g/mol. The van der Waals surface area contributed by atoms with E-state index in [0.717, 1.165) is 54.8 Å². The van der Waals surface area contributed by atoms with Crippen LogP contribution in [0, 0.1) is 0 Å². The molecule has 1 aliphatic heterocycles. The Morgan fingerprint density at radius 1 is 1.08 bits per heavy atom. The molecular weight excluding hydrogens is 346 g/mol. The number of aromatic nitrogens is 2. The third-order valence-electron chi connectivity index (χ3n) is 5.02. The molecule has 1 aromatic heterocycles. The average molecular weight is 368 g/mol. The van der Waals surface area contributed by atoms with Crippen LogP contribution in [-0.4, -0.2) is 34.3 Å². The summed E-state index contributed by atoms with van der Waals surface area (Å²) in [7, 11) is 0. The Hall–Kier alpha value is -2.17. The molecule has 1 saturated heterocycles. The van der Waals surface area contributed by atoms with Crippen molar-refractivity contribution in [3.05, 3.63) is 64.9 Å². The first-order chi connectivity index (χ1) is 12.7. The van der Waals surface area contributed by atoms with Gasteiger partial charge in [0.05, 0.1) is 18.2 Å². The molecule has 4 rings (SSSR count). The summed E-state index contributed by atoms with van der Waals surface area (Å²) in [6.07, 6.45) is 3.74. The van der Waals surface area contributed by atoms with Crippen molar-refractivity contribution in [3.8, 4) is 0 Å². The molecule has 134 valence electrons. The predicted molar refractivity (Wildman–Crippen MR) is 106 cm³/mol. The SMILES string of the molecule is OC[C@@H]1CCCN1c1nc(CCc2ccccc2)nc2ccc(Cl)cc12. The van der Waals surface area contributed by atoms with Crippen molar-refractivity contribution in [1.29, 1.82) is 0 Å². The van der Waals surface area contributed by atoms with Gasteiger partial charge in [-0.2, -0.15) is 0 Å². The molecule has 1 N–H and O–H groups in total. The van der Waals surface area contributed by atoms with E-state index in [2.05, 4.69) is 29.2 Å². The largest absolute Gasteiger partial charge is 0.394 e. The molecule has 0 spiro atoms. The number of nitrogens with zero attached hydrogens (tertiary/aromatic N) is 3. The minimum atomic E-state index is 0.119.